The topological polar surface area (TPSA) is 60.9 Å². The number of nitrogen functional groups attached to an aromatic ring is 1. The van der Waals surface area contributed by atoms with Gasteiger partial charge in [-0.1, -0.05) is 18.2 Å². The summed E-state index contributed by atoms with van der Waals surface area (Å²) >= 11 is 0. The quantitative estimate of drug-likeness (QED) is 0.495. The van der Waals surface area contributed by atoms with Crippen molar-refractivity contribution >= 4 is 17.5 Å². The van der Waals surface area contributed by atoms with Crippen molar-refractivity contribution in [2.75, 3.05) is 5.73 Å². The smallest absolute Gasteiger partial charge is 0.203 e. The van der Waals surface area contributed by atoms with E-state index >= 15 is 0 Å². The minimum atomic E-state index is -0.0678. The first-order valence-electron chi connectivity index (χ1n) is 5.23. The van der Waals surface area contributed by atoms with E-state index in [0.29, 0.717) is 11.4 Å². The second-order valence-electron chi connectivity index (χ2n) is 3.70. The number of anilines is 1. The second kappa shape index (κ2) is 4.65. The lowest BCUT2D eigenvalue weighted by Gasteiger charge is -1.96. The van der Waals surface area contributed by atoms with Gasteiger partial charge in [-0.15, -0.1) is 0 Å². The van der Waals surface area contributed by atoms with Crippen molar-refractivity contribution in [3.8, 4) is 0 Å². The summed E-state index contributed by atoms with van der Waals surface area (Å²) < 4.78 is 1.55. The van der Waals surface area contributed by atoms with Gasteiger partial charge >= 0.3 is 0 Å². The molecular weight excluding hydrogens is 214 g/mol. The minimum Gasteiger partial charge on any atom is -0.399 e. The number of ketones is 1. The van der Waals surface area contributed by atoms with Crippen LogP contribution in [0.4, 0.5) is 5.69 Å². The molecule has 2 aromatic rings. The highest BCUT2D eigenvalue weighted by atomic mass is 16.1. The average Bonchev–Trinajstić information content (AvgIpc) is 2.74. The van der Waals surface area contributed by atoms with E-state index in [9.17, 15) is 4.79 Å². The minimum absolute atomic E-state index is 0.0678. The third-order valence-corrected chi connectivity index (χ3v) is 2.44. The number of aryl methyl sites for hydroxylation is 1. The van der Waals surface area contributed by atoms with Gasteiger partial charge in [0, 0.05) is 18.9 Å². The maximum Gasteiger partial charge on any atom is 0.203 e. The molecule has 0 bridgehead atoms. The Labute approximate surface area is 99.4 Å². The van der Waals surface area contributed by atoms with Gasteiger partial charge in [-0.05, 0) is 29.8 Å². The normalized spacial score (nSPS) is 10.9. The van der Waals surface area contributed by atoms with Crippen molar-refractivity contribution in [1.82, 2.24) is 9.78 Å². The first kappa shape index (κ1) is 11.1. The fourth-order valence-corrected chi connectivity index (χ4v) is 1.48. The number of hydrogen-bond donors (Lipinski definition) is 1. The van der Waals surface area contributed by atoms with Gasteiger partial charge in [0.25, 0.3) is 0 Å². The Balaban J connectivity index is 2.14. The molecule has 0 saturated carbocycles. The molecular formula is C13H13N3O. The number of nitrogens with two attached hydrogens (primary N) is 1. The van der Waals surface area contributed by atoms with E-state index in [2.05, 4.69) is 5.10 Å². The van der Waals surface area contributed by atoms with Crippen LogP contribution >= 0.6 is 0 Å². The predicted molar refractivity (Wildman–Crippen MR) is 67.4 cm³/mol. The van der Waals surface area contributed by atoms with Gasteiger partial charge in [-0.3, -0.25) is 9.48 Å². The Kier molecular flexibility index (Phi) is 3.05. The molecule has 2 N–H and O–H groups in total. The predicted octanol–water partition coefficient (Wildman–Crippen LogP) is 1.90. The molecule has 0 aliphatic heterocycles. The maximum atomic E-state index is 11.8. The van der Waals surface area contributed by atoms with Gasteiger partial charge in [0.15, 0.2) is 0 Å². The molecule has 0 saturated heterocycles. The van der Waals surface area contributed by atoms with E-state index in [1.54, 1.807) is 42.2 Å². The van der Waals surface area contributed by atoms with Crippen LogP contribution in [0.2, 0.25) is 0 Å². The monoisotopic (exact) mass is 227 g/mol. The molecule has 4 nitrogen and oxygen atoms in total. The van der Waals surface area contributed by atoms with E-state index in [-0.39, 0.29) is 5.78 Å². The Hall–Kier alpha value is -2.36. The number of aromatic nitrogens is 2. The van der Waals surface area contributed by atoms with Gasteiger partial charge in [0.1, 0.15) is 5.69 Å². The SMILES string of the molecule is Cn1nccc1C(=O)/C=C/c1ccc(N)cc1. The summed E-state index contributed by atoms with van der Waals surface area (Å²) in [4.78, 5) is 11.8. The number of carbonyl (C=O) groups is 1. The van der Waals surface area contributed by atoms with Crippen molar-refractivity contribution in [3.63, 3.8) is 0 Å². The zero-order valence-corrected chi connectivity index (χ0v) is 9.50. The molecule has 0 radical (unpaired) electrons. The Morgan fingerprint density at radius 2 is 2.00 bits per heavy atom. The third-order valence-electron chi connectivity index (χ3n) is 2.44. The standard InChI is InChI=1S/C13H13N3O/c1-16-12(8-9-15-16)13(17)7-4-10-2-5-11(14)6-3-10/h2-9H,14H2,1H3/b7-4+. The summed E-state index contributed by atoms with van der Waals surface area (Å²) in [5.41, 5.74) is 7.79. The summed E-state index contributed by atoms with van der Waals surface area (Å²) in [6.45, 7) is 0. The van der Waals surface area contributed by atoms with Gasteiger partial charge in [0.05, 0.1) is 0 Å². The largest absolute Gasteiger partial charge is 0.399 e. The summed E-state index contributed by atoms with van der Waals surface area (Å²) in [5, 5.41) is 3.95. The average molecular weight is 227 g/mol. The number of nitrogens with zero attached hydrogens (tertiary/aromatic N) is 2. The highest BCUT2D eigenvalue weighted by molar-refractivity contribution is 6.05. The first-order valence-corrected chi connectivity index (χ1v) is 5.23. The lowest BCUT2D eigenvalue weighted by molar-refractivity contribution is 0.103. The molecule has 17 heavy (non-hydrogen) atoms. The second-order valence-corrected chi connectivity index (χ2v) is 3.70. The number of allylic oxidation sites excluding steroid dienone is 1. The maximum absolute atomic E-state index is 11.8. The molecule has 0 fully saturated rings. The summed E-state index contributed by atoms with van der Waals surface area (Å²) in [5.74, 6) is -0.0678. The zero-order chi connectivity index (χ0) is 12.3. The van der Waals surface area contributed by atoms with Crippen molar-refractivity contribution in [2.24, 2.45) is 7.05 Å². The Morgan fingerprint density at radius 1 is 1.29 bits per heavy atom. The highest BCUT2D eigenvalue weighted by Crippen LogP contribution is 2.08. The van der Waals surface area contributed by atoms with Crippen LogP contribution in [0.15, 0.2) is 42.6 Å². The third kappa shape index (κ3) is 2.60. The fraction of sp³-hybridized carbons (Fsp3) is 0.0769. The molecule has 1 heterocycles. The molecule has 4 heteroatoms. The number of benzene rings is 1. The molecule has 0 unspecified atom stereocenters. The van der Waals surface area contributed by atoms with Gasteiger partial charge < -0.3 is 5.73 Å². The molecule has 1 aromatic carbocycles. The van der Waals surface area contributed by atoms with Crippen molar-refractivity contribution in [2.45, 2.75) is 0 Å². The molecule has 2 rings (SSSR count). The van der Waals surface area contributed by atoms with Crippen LogP contribution < -0.4 is 5.73 Å². The van der Waals surface area contributed by atoms with Gasteiger partial charge in [0.2, 0.25) is 5.78 Å². The Bertz CT molecular complexity index is 552. The molecule has 0 amide bonds. The Morgan fingerprint density at radius 3 is 2.59 bits per heavy atom. The van der Waals surface area contributed by atoms with Crippen molar-refractivity contribution < 1.29 is 4.79 Å². The van der Waals surface area contributed by atoms with E-state index < -0.39 is 0 Å². The highest BCUT2D eigenvalue weighted by Gasteiger charge is 2.05. The van der Waals surface area contributed by atoms with Crippen LogP contribution in [0, 0.1) is 0 Å². The molecule has 1 aromatic heterocycles. The number of hydrogen-bond acceptors (Lipinski definition) is 3. The fourth-order valence-electron chi connectivity index (χ4n) is 1.48. The van der Waals surface area contributed by atoms with E-state index in [4.69, 9.17) is 5.73 Å². The molecule has 0 aliphatic rings. The van der Waals surface area contributed by atoms with E-state index in [0.717, 1.165) is 5.56 Å². The zero-order valence-electron chi connectivity index (χ0n) is 9.50. The van der Waals surface area contributed by atoms with E-state index in [1.807, 2.05) is 12.1 Å². The lowest BCUT2D eigenvalue weighted by Crippen LogP contribution is -2.03. The number of carbonyl (C=O) groups excluding carboxylic acids is 1. The van der Waals surface area contributed by atoms with Crippen molar-refractivity contribution in [1.29, 1.82) is 0 Å². The van der Waals surface area contributed by atoms with Crippen molar-refractivity contribution in [3.05, 3.63) is 53.9 Å². The molecule has 0 spiro atoms. The van der Waals surface area contributed by atoms with Crippen LogP contribution in [0.3, 0.4) is 0 Å². The molecule has 0 atom stereocenters. The first-order chi connectivity index (χ1) is 8.16. The van der Waals surface area contributed by atoms with Crippen LogP contribution in [-0.2, 0) is 7.05 Å². The van der Waals surface area contributed by atoms with Gasteiger partial charge in [-0.25, -0.2) is 0 Å². The summed E-state index contributed by atoms with van der Waals surface area (Å²) in [6, 6.07) is 9.02. The van der Waals surface area contributed by atoms with E-state index in [1.165, 1.54) is 6.08 Å². The molecule has 0 aliphatic carbocycles. The summed E-state index contributed by atoms with van der Waals surface area (Å²) in [6.07, 6.45) is 4.89. The summed E-state index contributed by atoms with van der Waals surface area (Å²) in [7, 11) is 1.74. The lowest BCUT2D eigenvalue weighted by atomic mass is 10.1. The van der Waals surface area contributed by atoms with Crippen LogP contribution in [0.1, 0.15) is 16.1 Å². The molecule has 86 valence electrons. The number of rotatable bonds is 3. The van der Waals surface area contributed by atoms with Crippen LogP contribution in [0.25, 0.3) is 6.08 Å². The van der Waals surface area contributed by atoms with Crippen LogP contribution in [-0.4, -0.2) is 15.6 Å². The van der Waals surface area contributed by atoms with Gasteiger partial charge in [-0.2, -0.15) is 5.10 Å². The van der Waals surface area contributed by atoms with Crippen LogP contribution in [0.5, 0.6) is 0 Å².